The summed E-state index contributed by atoms with van der Waals surface area (Å²) in [5.41, 5.74) is 19.0. The zero-order valence-electron chi connectivity index (χ0n) is 20.8. The van der Waals surface area contributed by atoms with Crippen molar-refractivity contribution in [1.29, 1.82) is 0 Å². The average Bonchev–Trinajstić information content (AvgIpc) is 3.26. The van der Waals surface area contributed by atoms with Crippen molar-refractivity contribution >= 4 is 33.5 Å². The van der Waals surface area contributed by atoms with Gasteiger partial charge in [0.15, 0.2) is 0 Å². The van der Waals surface area contributed by atoms with E-state index in [0.717, 1.165) is 75.7 Å². The molecule has 37 heavy (non-hydrogen) atoms. The Morgan fingerprint density at radius 1 is 1.03 bits per heavy atom. The zero-order chi connectivity index (χ0) is 25.5. The van der Waals surface area contributed by atoms with Crippen LogP contribution in [0.2, 0.25) is 0 Å². The predicted octanol–water partition coefficient (Wildman–Crippen LogP) is 5.33. The first kappa shape index (κ1) is 23.2. The van der Waals surface area contributed by atoms with E-state index in [1.807, 2.05) is 48.8 Å². The highest BCUT2D eigenvalue weighted by Crippen LogP contribution is 2.34. The van der Waals surface area contributed by atoms with Crippen LogP contribution in [0.4, 0.5) is 5.69 Å². The van der Waals surface area contributed by atoms with Crippen molar-refractivity contribution in [2.24, 2.45) is 11.5 Å². The quantitative estimate of drug-likeness (QED) is 0.308. The number of fused-ring (bicyclic) bond motifs is 2. The summed E-state index contributed by atoms with van der Waals surface area (Å²) in [6, 6.07) is 18.6. The summed E-state index contributed by atoms with van der Waals surface area (Å²) in [5, 5.41) is 5.75. The van der Waals surface area contributed by atoms with Gasteiger partial charge in [0, 0.05) is 58.4 Å². The predicted molar refractivity (Wildman–Crippen MR) is 149 cm³/mol. The van der Waals surface area contributed by atoms with Crippen LogP contribution in [-0.2, 0) is 0 Å². The molecule has 7 heteroatoms. The largest absolute Gasteiger partial charge is 0.382 e. The van der Waals surface area contributed by atoms with Gasteiger partial charge in [0.1, 0.15) is 5.65 Å². The van der Waals surface area contributed by atoms with E-state index in [0.29, 0.717) is 5.56 Å². The molecule has 5 N–H and O–H groups in total. The standard InChI is InChI=1S/C30H30N6O/c1-18-17-36(23-10-11-25(29(32)37)27(15-23)35-22-8-6-21(31)7-9-22)30-28(18)24(12-13-33-30)20-14-19-4-2-3-5-26(19)34-16-20/h2-5,10-17,21-22,35H,6-9,31H2,1H3,(H2,32,37). The highest BCUT2D eigenvalue weighted by molar-refractivity contribution is 6.00. The molecule has 0 aliphatic heterocycles. The van der Waals surface area contributed by atoms with Crippen LogP contribution in [-0.4, -0.2) is 32.5 Å². The third-order valence-electron chi connectivity index (χ3n) is 7.46. The molecule has 1 aliphatic rings. The molecule has 0 unspecified atom stereocenters. The highest BCUT2D eigenvalue weighted by atomic mass is 16.1. The van der Waals surface area contributed by atoms with Crippen LogP contribution in [0.3, 0.4) is 0 Å². The van der Waals surface area contributed by atoms with Crippen LogP contribution in [0.1, 0.15) is 41.6 Å². The molecular formula is C30H30N6O. The van der Waals surface area contributed by atoms with Gasteiger partial charge in [-0.1, -0.05) is 18.2 Å². The lowest BCUT2D eigenvalue weighted by Crippen LogP contribution is -2.33. The van der Waals surface area contributed by atoms with Gasteiger partial charge >= 0.3 is 0 Å². The zero-order valence-corrected chi connectivity index (χ0v) is 20.8. The van der Waals surface area contributed by atoms with Gasteiger partial charge in [0.05, 0.1) is 11.1 Å². The molecule has 7 nitrogen and oxygen atoms in total. The normalized spacial score (nSPS) is 17.8. The van der Waals surface area contributed by atoms with Crippen molar-refractivity contribution in [3.05, 3.63) is 84.3 Å². The van der Waals surface area contributed by atoms with Crippen molar-refractivity contribution < 1.29 is 4.79 Å². The van der Waals surface area contributed by atoms with Crippen molar-refractivity contribution in [2.45, 2.75) is 44.7 Å². The SMILES string of the molecule is Cc1cn(-c2ccc(C(N)=O)c(NC3CCC(N)CC3)c2)c2nccc(-c3cnc4ccccc4c3)c12. The van der Waals surface area contributed by atoms with Crippen LogP contribution in [0, 0.1) is 6.92 Å². The van der Waals surface area contributed by atoms with E-state index < -0.39 is 5.91 Å². The van der Waals surface area contributed by atoms with E-state index >= 15 is 0 Å². The fourth-order valence-electron chi connectivity index (χ4n) is 5.50. The first-order valence-corrected chi connectivity index (χ1v) is 12.8. The third-order valence-corrected chi connectivity index (χ3v) is 7.46. The number of carbonyl (C=O) groups excluding carboxylic acids is 1. The van der Waals surface area contributed by atoms with Gasteiger partial charge in [-0.25, -0.2) is 4.98 Å². The maximum atomic E-state index is 12.2. The van der Waals surface area contributed by atoms with Crippen LogP contribution in [0.15, 0.2) is 73.2 Å². The molecule has 1 aliphatic carbocycles. The number of aromatic nitrogens is 3. The number of para-hydroxylation sites is 1. The first-order valence-electron chi connectivity index (χ1n) is 12.8. The Bertz CT molecular complexity index is 1630. The average molecular weight is 491 g/mol. The minimum absolute atomic E-state index is 0.257. The number of pyridine rings is 2. The molecule has 3 heterocycles. The molecule has 0 bridgehead atoms. The van der Waals surface area contributed by atoms with Gasteiger partial charge < -0.3 is 21.4 Å². The van der Waals surface area contributed by atoms with E-state index in [1.54, 1.807) is 6.07 Å². The lowest BCUT2D eigenvalue weighted by molar-refractivity contribution is 0.100. The summed E-state index contributed by atoms with van der Waals surface area (Å²) in [6.45, 7) is 2.10. The van der Waals surface area contributed by atoms with Crippen LogP contribution < -0.4 is 16.8 Å². The minimum Gasteiger partial charge on any atom is -0.382 e. The molecule has 6 rings (SSSR count). The molecule has 0 atom stereocenters. The summed E-state index contributed by atoms with van der Waals surface area (Å²) in [5.74, 6) is -0.445. The third kappa shape index (κ3) is 4.32. The molecule has 0 saturated heterocycles. The van der Waals surface area contributed by atoms with E-state index in [2.05, 4.69) is 40.1 Å². The van der Waals surface area contributed by atoms with Gasteiger partial charge in [-0.15, -0.1) is 0 Å². The lowest BCUT2D eigenvalue weighted by Gasteiger charge is -2.28. The van der Waals surface area contributed by atoms with Crippen molar-refractivity contribution in [1.82, 2.24) is 14.5 Å². The molecule has 2 aromatic carbocycles. The number of hydrogen-bond donors (Lipinski definition) is 3. The fraction of sp³-hybridized carbons (Fsp3) is 0.233. The van der Waals surface area contributed by atoms with Crippen LogP contribution in [0.25, 0.3) is 38.8 Å². The van der Waals surface area contributed by atoms with Crippen molar-refractivity contribution in [3.63, 3.8) is 0 Å². The Hall–Kier alpha value is -4.23. The molecule has 1 amide bonds. The maximum Gasteiger partial charge on any atom is 0.250 e. The number of primary amides is 1. The Morgan fingerprint density at radius 2 is 1.84 bits per heavy atom. The number of rotatable bonds is 5. The molecule has 186 valence electrons. The van der Waals surface area contributed by atoms with E-state index in [-0.39, 0.29) is 12.1 Å². The summed E-state index contributed by atoms with van der Waals surface area (Å²) in [7, 11) is 0. The number of anilines is 1. The molecule has 5 aromatic rings. The van der Waals surface area contributed by atoms with Gasteiger partial charge in [-0.2, -0.15) is 0 Å². The van der Waals surface area contributed by atoms with Gasteiger partial charge in [0.25, 0.3) is 5.91 Å². The molecule has 3 aromatic heterocycles. The van der Waals surface area contributed by atoms with Crippen molar-refractivity contribution in [2.75, 3.05) is 5.32 Å². The monoisotopic (exact) mass is 490 g/mol. The minimum atomic E-state index is -0.445. The summed E-state index contributed by atoms with van der Waals surface area (Å²) in [4.78, 5) is 21.6. The molecular weight excluding hydrogens is 460 g/mol. The summed E-state index contributed by atoms with van der Waals surface area (Å²) >= 11 is 0. The van der Waals surface area contributed by atoms with Crippen molar-refractivity contribution in [3.8, 4) is 16.8 Å². The number of benzene rings is 2. The molecule has 0 spiro atoms. The smallest absolute Gasteiger partial charge is 0.250 e. The second-order valence-corrected chi connectivity index (χ2v) is 10.0. The number of nitrogens with one attached hydrogen (secondary N) is 1. The number of hydrogen-bond acceptors (Lipinski definition) is 5. The Balaban J connectivity index is 1.43. The number of carbonyl (C=O) groups is 1. The Labute approximate surface area is 215 Å². The number of nitrogens with two attached hydrogens (primary N) is 2. The summed E-state index contributed by atoms with van der Waals surface area (Å²) in [6.07, 6.45) is 9.75. The molecule has 1 saturated carbocycles. The molecule has 1 fully saturated rings. The Kier molecular flexibility index (Phi) is 5.85. The second kappa shape index (κ2) is 9.33. The molecule has 0 radical (unpaired) electrons. The Morgan fingerprint density at radius 3 is 2.65 bits per heavy atom. The number of aryl methyl sites for hydroxylation is 1. The van der Waals surface area contributed by atoms with Gasteiger partial charge in [-0.05, 0) is 80.1 Å². The van der Waals surface area contributed by atoms with Crippen LogP contribution >= 0.6 is 0 Å². The van der Waals surface area contributed by atoms with Gasteiger partial charge in [0.2, 0.25) is 0 Å². The maximum absolute atomic E-state index is 12.2. The highest BCUT2D eigenvalue weighted by Gasteiger charge is 2.21. The number of nitrogens with zero attached hydrogens (tertiary/aromatic N) is 3. The van der Waals surface area contributed by atoms with Gasteiger partial charge in [-0.3, -0.25) is 9.78 Å². The van der Waals surface area contributed by atoms with E-state index in [1.165, 1.54) is 0 Å². The second-order valence-electron chi connectivity index (χ2n) is 10.0. The fourth-order valence-corrected chi connectivity index (χ4v) is 5.50. The lowest BCUT2D eigenvalue weighted by atomic mass is 9.91. The topological polar surface area (TPSA) is 112 Å². The van der Waals surface area contributed by atoms with Crippen LogP contribution in [0.5, 0.6) is 0 Å². The number of amides is 1. The van der Waals surface area contributed by atoms with E-state index in [4.69, 9.17) is 16.5 Å². The van der Waals surface area contributed by atoms with E-state index in [9.17, 15) is 4.79 Å². The first-order chi connectivity index (χ1) is 18.0. The summed E-state index contributed by atoms with van der Waals surface area (Å²) < 4.78 is 2.08.